The minimum Gasteiger partial charge on any atom is -0.490 e. The molecule has 116 valence electrons. The van der Waals surface area contributed by atoms with Crippen LogP contribution in [0, 0.1) is 12.7 Å². The second-order valence-electron chi connectivity index (χ2n) is 4.64. The van der Waals surface area contributed by atoms with Crippen LogP contribution in [0.3, 0.4) is 0 Å². The van der Waals surface area contributed by atoms with Gasteiger partial charge < -0.3 is 4.74 Å². The number of benzene rings is 2. The van der Waals surface area contributed by atoms with Crippen LogP contribution in [0.1, 0.15) is 5.56 Å². The maximum atomic E-state index is 13.2. The van der Waals surface area contributed by atoms with Gasteiger partial charge in [0.2, 0.25) is 0 Å². The summed E-state index contributed by atoms with van der Waals surface area (Å²) < 4.78 is 45.5. The largest absolute Gasteiger partial charge is 0.490 e. The minimum absolute atomic E-state index is 0.0124. The fraction of sp³-hybridized carbons (Fsp3) is 0.125. The van der Waals surface area contributed by atoms with Gasteiger partial charge >= 0.3 is 0 Å². The van der Waals surface area contributed by atoms with Crippen molar-refractivity contribution < 1.29 is 17.5 Å². The highest BCUT2D eigenvalue weighted by atomic mass is 32.2. The molecule has 0 bridgehead atoms. The van der Waals surface area contributed by atoms with Crippen LogP contribution < -0.4 is 9.46 Å². The number of rotatable bonds is 6. The van der Waals surface area contributed by atoms with Gasteiger partial charge in [0.15, 0.2) is 0 Å². The van der Waals surface area contributed by atoms with Crippen LogP contribution >= 0.6 is 0 Å². The number of hydrogen-bond donors (Lipinski definition) is 1. The van der Waals surface area contributed by atoms with E-state index in [4.69, 9.17) is 4.74 Å². The van der Waals surface area contributed by atoms with E-state index in [0.717, 1.165) is 6.07 Å². The van der Waals surface area contributed by atoms with Gasteiger partial charge in [0, 0.05) is 5.69 Å². The summed E-state index contributed by atoms with van der Waals surface area (Å²) in [6.07, 6.45) is 1.62. The quantitative estimate of drug-likeness (QED) is 0.829. The van der Waals surface area contributed by atoms with Crippen molar-refractivity contribution in [1.82, 2.24) is 0 Å². The summed E-state index contributed by atoms with van der Waals surface area (Å²) in [6.45, 7) is 5.43. The van der Waals surface area contributed by atoms with E-state index < -0.39 is 15.8 Å². The van der Waals surface area contributed by atoms with Gasteiger partial charge in [-0.05, 0) is 55.0 Å². The van der Waals surface area contributed by atoms with Gasteiger partial charge in [-0.25, -0.2) is 12.8 Å². The third-order valence-corrected chi connectivity index (χ3v) is 4.29. The summed E-state index contributed by atoms with van der Waals surface area (Å²) in [5, 5.41) is 0. The van der Waals surface area contributed by atoms with Gasteiger partial charge in [0.05, 0.1) is 4.90 Å². The first-order chi connectivity index (χ1) is 10.4. The average Bonchev–Trinajstić information content (AvgIpc) is 2.49. The first-order valence-corrected chi connectivity index (χ1v) is 8.03. The van der Waals surface area contributed by atoms with E-state index in [1.54, 1.807) is 30.3 Å². The molecular weight excluding hydrogens is 305 g/mol. The summed E-state index contributed by atoms with van der Waals surface area (Å²) in [6, 6.07) is 10.1. The van der Waals surface area contributed by atoms with Crippen LogP contribution in [0.4, 0.5) is 10.1 Å². The lowest BCUT2D eigenvalue weighted by Gasteiger charge is -2.10. The molecule has 6 heteroatoms. The first kappa shape index (κ1) is 16.0. The van der Waals surface area contributed by atoms with Gasteiger partial charge in [-0.2, -0.15) is 0 Å². The molecule has 0 aliphatic carbocycles. The van der Waals surface area contributed by atoms with Crippen LogP contribution in [-0.4, -0.2) is 15.0 Å². The van der Waals surface area contributed by atoms with Crippen molar-refractivity contribution in [1.29, 1.82) is 0 Å². The fourth-order valence-electron chi connectivity index (χ4n) is 1.77. The maximum Gasteiger partial charge on any atom is 0.261 e. The Kier molecular flexibility index (Phi) is 4.82. The van der Waals surface area contributed by atoms with E-state index in [0.29, 0.717) is 18.0 Å². The summed E-state index contributed by atoms with van der Waals surface area (Å²) >= 11 is 0. The number of sulfonamides is 1. The second-order valence-corrected chi connectivity index (χ2v) is 6.32. The third kappa shape index (κ3) is 3.85. The van der Waals surface area contributed by atoms with Crippen molar-refractivity contribution in [2.24, 2.45) is 0 Å². The Balaban J connectivity index is 2.17. The molecular formula is C16H16FNO3S. The lowest BCUT2D eigenvalue weighted by molar-refractivity contribution is 0.363. The molecule has 0 unspecified atom stereocenters. The zero-order valence-corrected chi connectivity index (χ0v) is 12.9. The third-order valence-electron chi connectivity index (χ3n) is 2.91. The molecule has 0 heterocycles. The van der Waals surface area contributed by atoms with Gasteiger partial charge in [-0.15, -0.1) is 0 Å². The lowest BCUT2D eigenvalue weighted by atomic mass is 10.2. The zero-order chi connectivity index (χ0) is 16.2. The monoisotopic (exact) mass is 321 g/mol. The molecule has 0 fully saturated rings. The zero-order valence-electron chi connectivity index (χ0n) is 12.0. The maximum absolute atomic E-state index is 13.2. The van der Waals surface area contributed by atoms with Crippen molar-refractivity contribution in [3.63, 3.8) is 0 Å². The van der Waals surface area contributed by atoms with Crippen molar-refractivity contribution in [2.75, 3.05) is 11.3 Å². The van der Waals surface area contributed by atoms with Gasteiger partial charge in [-0.3, -0.25) is 4.72 Å². The first-order valence-electron chi connectivity index (χ1n) is 6.55. The summed E-state index contributed by atoms with van der Waals surface area (Å²) in [5.74, 6) is 0.170. The van der Waals surface area contributed by atoms with Crippen LogP contribution in [-0.2, 0) is 10.0 Å². The highest BCUT2D eigenvalue weighted by molar-refractivity contribution is 7.92. The molecule has 2 aromatic carbocycles. The highest BCUT2D eigenvalue weighted by Crippen LogP contribution is 2.20. The fourth-order valence-corrected chi connectivity index (χ4v) is 2.92. The lowest BCUT2D eigenvalue weighted by Crippen LogP contribution is -2.13. The molecule has 1 N–H and O–H groups in total. The van der Waals surface area contributed by atoms with E-state index in [1.807, 2.05) is 0 Å². The van der Waals surface area contributed by atoms with Crippen LogP contribution in [0.25, 0.3) is 0 Å². The molecule has 2 aromatic rings. The SMILES string of the molecule is C=CCOc1ccc(NS(=O)(=O)c2ccc(F)c(C)c2)cc1. The van der Waals surface area contributed by atoms with E-state index in [-0.39, 0.29) is 10.5 Å². The van der Waals surface area contributed by atoms with Crippen molar-refractivity contribution in [2.45, 2.75) is 11.8 Å². The number of nitrogens with one attached hydrogen (secondary N) is 1. The predicted molar refractivity (Wildman–Crippen MR) is 84.1 cm³/mol. The summed E-state index contributed by atoms with van der Waals surface area (Å²) in [5.41, 5.74) is 0.670. The molecule has 0 amide bonds. The molecule has 2 rings (SSSR count). The second kappa shape index (κ2) is 6.62. The van der Waals surface area contributed by atoms with Crippen molar-refractivity contribution >= 4 is 15.7 Å². The Morgan fingerprint density at radius 1 is 1.23 bits per heavy atom. The van der Waals surface area contributed by atoms with Gasteiger partial charge in [0.1, 0.15) is 18.2 Å². The van der Waals surface area contributed by atoms with E-state index in [9.17, 15) is 12.8 Å². The molecule has 0 aliphatic rings. The molecule has 0 spiro atoms. The molecule has 0 radical (unpaired) electrons. The standard InChI is InChI=1S/C16H16FNO3S/c1-3-10-21-14-6-4-13(5-7-14)18-22(19,20)15-8-9-16(17)12(2)11-15/h3-9,11,18H,1,10H2,2H3. The molecule has 0 saturated carbocycles. The van der Waals surface area contributed by atoms with Crippen molar-refractivity contribution in [3.05, 3.63) is 66.5 Å². The van der Waals surface area contributed by atoms with Crippen LogP contribution in [0.5, 0.6) is 5.75 Å². The normalized spacial score (nSPS) is 11.0. The molecule has 0 aliphatic heterocycles. The number of ether oxygens (including phenoxy) is 1. The van der Waals surface area contributed by atoms with E-state index in [2.05, 4.69) is 11.3 Å². The number of halogens is 1. The Labute approximate surface area is 129 Å². The van der Waals surface area contributed by atoms with Crippen molar-refractivity contribution in [3.8, 4) is 5.75 Å². The number of hydrogen-bond acceptors (Lipinski definition) is 3. The van der Waals surface area contributed by atoms with Gasteiger partial charge in [-0.1, -0.05) is 12.7 Å². The van der Waals surface area contributed by atoms with Crippen LogP contribution in [0.2, 0.25) is 0 Å². The smallest absolute Gasteiger partial charge is 0.261 e. The Hall–Kier alpha value is -2.34. The summed E-state index contributed by atoms with van der Waals surface area (Å²) in [4.78, 5) is 0.0124. The molecule has 0 aromatic heterocycles. The van der Waals surface area contributed by atoms with E-state index >= 15 is 0 Å². The highest BCUT2D eigenvalue weighted by Gasteiger charge is 2.15. The predicted octanol–water partition coefficient (Wildman–Crippen LogP) is 3.50. The van der Waals surface area contributed by atoms with E-state index in [1.165, 1.54) is 19.1 Å². The Morgan fingerprint density at radius 2 is 1.91 bits per heavy atom. The number of aryl methyl sites for hydroxylation is 1. The minimum atomic E-state index is -3.76. The van der Waals surface area contributed by atoms with Gasteiger partial charge in [0.25, 0.3) is 10.0 Å². The molecule has 4 nitrogen and oxygen atoms in total. The average molecular weight is 321 g/mol. The Bertz CT molecular complexity index is 770. The molecule has 0 saturated heterocycles. The number of anilines is 1. The van der Waals surface area contributed by atoms with Crippen LogP contribution in [0.15, 0.2) is 60.0 Å². The molecule has 0 atom stereocenters. The summed E-state index contributed by atoms with van der Waals surface area (Å²) in [7, 11) is -3.76. The molecule has 22 heavy (non-hydrogen) atoms. The topological polar surface area (TPSA) is 55.4 Å². The Morgan fingerprint density at radius 3 is 2.50 bits per heavy atom.